The van der Waals surface area contributed by atoms with Crippen LogP contribution in [0.4, 0.5) is 4.39 Å². The molecule has 1 aliphatic heterocycles. The van der Waals surface area contributed by atoms with Gasteiger partial charge in [-0.3, -0.25) is 0 Å². The van der Waals surface area contributed by atoms with E-state index in [0.29, 0.717) is 15.6 Å². The van der Waals surface area contributed by atoms with Gasteiger partial charge in [0.05, 0.1) is 0 Å². The van der Waals surface area contributed by atoms with Crippen LogP contribution in [0.1, 0.15) is 28.9 Å². The fraction of sp³-hybridized carbons (Fsp3) is 0.250. The summed E-state index contributed by atoms with van der Waals surface area (Å²) in [7, 11) is 1.59. The number of ether oxygens (including phenoxy) is 2. The number of halogens is 3. The maximum atomic E-state index is 13.5. The Hall–Kier alpha value is -0.790. The minimum Gasteiger partial charge on any atom is -0.384 e. The first-order chi connectivity index (χ1) is 10.5. The highest BCUT2D eigenvalue weighted by Crippen LogP contribution is 2.41. The number of methoxy groups -OCH3 is 1. The molecule has 1 fully saturated rings. The fourth-order valence-electron chi connectivity index (χ4n) is 2.40. The van der Waals surface area contributed by atoms with Crippen molar-refractivity contribution in [1.29, 1.82) is 0 Å². The van der Waals surface area contributed by atoms with Crippen LogP contribution in [0, 0.1) is 5.82 Å². The SMILES string of the molecule is COC1OC1c1cc(Br)cc(C(O)c2cc(F)cc(Br)c2)c1. The van der Waals surface area contributed by atoms with E-state index in [9.17, 15) is 9.50 Å². The predicted molar refractivity (Wildman–Crippen MR) is 86.9 cm³/mol. The molecule has 0 radical (unpaired) electrons. The first-order valence-electron chi connectivity index (χ1n) is 6.60. The van der Waals surface area contributed by atoms with Crippen molar-refractivity contribution in [1.82, 2.24) is 0 Å². The van der Waals surface area contributed by atoms with Crippen molar-refractivity contribution in [2.75, 3.05) is 7.11 Å². The Balaban J connectivity index is 1.93. The van der Waals surface area contributed by atoms with Crippen LogP contribution in [0.5, 0.6) is 0 Å². The van der Waals surface area contributed by atoms with Crippen LogP contribution in [0.2, 0.25) is 0 Å². The lowest BCUT2D eigenvalue weighted by molar-refractivity contribution is 0.0950. The second-order valence-electron chi connectivity index (χ2n) is 5.08. The second-order valence-corrected chi connectivity index (χ2v) is 6.92. The summed E-state index contributed by atoms with van der Waals surface area (Å²) < 4.78 is 25.4. The number of aliphatic hydroxyl groups is 1. The Morgan fingerprint density at radius 1 is 1.09 bits per heavy atom. The molecular formula is C16H13Br2FO3. The molecule has 22 heavy (non-hydrogen) atoms. The summed E-state index contributed by atoms with van der Waals surface area (Å²) in [5.74, 6) is -0.399. The molecule has 3 unspecified atom stereocenters. The third-order valence-corrected chi connectivity index (χ3v) is 4.39. The predicted octanol–water partition coefficient (Wildman–Crippen LogP) is 4.48. The molecule has 116 valence electrons. The lowest BCUT2D eigenvalue weighted by atomic mass is 9.99. The van der Waals surface area contributed by atoms with E-state index in [1.165, 1.54) is 12.1 Å². The summed E-state index contributed by atoms with van der Waals surface area (Å²) in [6.45, 7) is 0. The van der Waals surface area contributed by atoms with Crippen molar-refractivity contribution < 1.29 is 19.0 Å². The van der Waals surface area contributed by atoms with E-state index in [-0.39, 0.29) is 12.4 Å². The maximum Gasteiger partial charge on any atom is 0.188 e. The lowest BCUT2D eigenvalue weighted by Gasteiger charge is -2.14. The fourth-order valence-corrected chi connectivity index (χ4v) is 3.41. The van der Waals surface area contributed by atoms with Crippen LogP contribution >= 0.6 is 31.9 Å². The molecule has 0 amide bonds. The molecule has 0 saturated carbocycles. The Morgan fingerprint density at radius 2 is 1.73 bits per heavy atom. The molecule has 1 heterocycles. The third-order valence-electron chi connectivity index (χ3n) is 3.47. The summed E-state index contributed by atoms with van der Waals surface area (Å²) >= 11 is 6.67. The van der Waals surface area contributed by atoms with Gasteiger partial charge in [-0.2, -0.15) is 0 Å². The van der Waals surface area contributed by atoms with Gasteiger partial charge in [-0.25, -0.2) is 4.39 Å². The number of epoxide rings is 1. The molecule has 0 aromatic heterocycles. The van der Waals surface area contributed by atoms with Crippen LogP contribution in [0.3, 0.4) is 0 Å². The summed E-state index contributed by atoms with van der Waals surface area (Å²) in [5, 5.41) is 10.5. The topological polar surface area (TPSA) is 42.0 Å². The molecule has 3 rings (SSSR count). The molecule has 1 saturated heterocycles. The zero-order chi connectivity index (χ0) is 15.9. The number of hydrogen-bond acceptors (Lipinski definition) is 3. The molecule has 2 aromatic carbocycles. The highest BCUT2D eigenvalue weighted by atomic mass is 79.9. The molecule has 0 aliphatic carbocycles. The van der Waals surface area contributed by atoms with E-state index in [0.717, 1.165) is 10.0 Å². The number of benzene rings is 2. The van der Waals surface area contributed by atoms with E-state index >= 15 is 0 Å². The van der Waals surface area contributed by atoms with E-state index in [2.05, 4.69) is 31.9 Å². The number of aliphatic hydroxyl groups excluding tert-OH is 1. The van der Waals surface area contributed by atoms with Gasteiger partial charge in [-0.15, -0.1) is 0 Å². The average molecular weight is 432 g/mol. The van der Waals surface area contributed by atoms with Gasteiger partial charge < -0.3 is 14.6 Å². The van der Waals surface area contributed by atoms with Crippen LogP contribution < -0.4 is 0 Å². The molecule has 3 nitrogen and oxygen atoms in total. The highest BCUT2D eigenvalue weighted by Gasteiger charge is 2.41. The van der Waals surface area contributed by atoms with Crippen LogP contribution in [-0.4, -0.2) is 18.5 Å². The highest BCUT2D eigenvalue weighted by molar-refractivity contribution is 9.10. The van der Waals surface area contributed by atoms with E-state index in [4.69, 9.17) is 9.47 Å². The van der Waals surface area contributed by atoms with E-state index < -0.39 is 11.9 Å². The smallest absolute Gasteiger partial charge is 0.188 e. The molecule has 1 N–H and O–H groups in total. The van der Waals surface area contributed by atoms with Crippen molar-refractivity contribution in [2.24, 2.45) is 0 Å². The standard InChI is InChI=1S/C16H13Br2FO3/c1-21-16-15(22-16)10-2-8(3-11(17)5-10)14(20)9-4-12(18)7-13(19)6-9/h2-7,14-16,20H,1H3. The molecular weight excluding hydrogens is 419 g/mol. The van der Waals surface area contributed by atoms with Gasteiger partial charge >= 0.3 is 0 Å². The largest absolute Gasteiger partial charge is 0.384 e. The van der Waals surface area contributed by atoms with Crippen LogP contribution in [0.25, 0.3) is 0 Å². The molecule has 6 heteroatoms. The van der Waals surface area contributed by atoms with Crippen molar-refractivity contribution in [3.63, 3.8) is 0 Å². The van der Waals surface area contributed by atoms with E-state index in [1.807, 2.05) is 12.1 Å². The quantitative estimate of drug-likeness (QED) is 0.726. The van der Waals surface area contributed by atoms with Crippen molar-refractivity contribution in [3.8, 4) is 0 Å². The molecule has 2 aromatic rings. The lowest BCUT2D eigenvalue weighted by Crippen LogP contribution is -2.02. The molecule has 3 atom stereocenters. The summed E-state index contributed by atoms with van der Waals surface area (Å²) in [6.07, 6.45) is -1.31. The minimum atomic E-state index is -0.928. The Bertz CT molecular complexity index is 688. The van der Waals surface area contributed by atoms with Gasteiger partial charge in [0.2, 0.25) is 0 Å². The van der Waals surface area contributed by atoms with Gasteiger partial charge in [-0.1, -0.05) is 31.9 Å². The Morgan fingerprint density at radius 3 is 2.32 bits per heavy atom. The van der Waals surface area contributed by atoms with Crippen molar-refractivity contribution in [3.05, 3.63) is 67.9 Å². The summed E-state index contributed by atoms with van der Waals surface area (Å²) in [6, 6.07) is 9.93. The zero-order valence-corrected chi connectivity index (χ0v) is 14.8. The first kappa shape index (κ1) is 16.1. The summed E-state index contributed by atoms with van der Waals surface area (Å²) in [5.41, 5.74) is 2.05. The summed E-state index contributed by atoms with van der Waals surface area (Å²) in [4.78, 5) is 0. The normalized spacial score (nSPS) is 21.7. The third kappa shape index (κ3) is 3.41. The first-order valence-corrected chi connectivity index (χ1v) is 8.19. The van der Waals surface area contributed by atoms with Gasteiger partial charge in [0, 0.05) is 16.1 Å². The molecule has 0 spiro atoms. The Kier molecular flexibility index (Phi) is 4.66. The van der Waals surface area contributed by atoms with Crippen molar-refractivity contribution in [2.45, 2.75) is 18.5 Å². The number of rotatable bonds is 4. The number of hydrogen-bond donors (Lipinski definition) is 1. The molecule has 0 bridgehead atoms. The zero-order valence-electron chi connectivity index (χ0n) is 11.6. The maximum absolute atomic E-state index is 13.5. The second kappa shape index (κ2) is 6.37. The average Bonchev–Trinajstić information content (AvgIpc) is 3.24. The monoisotopic (exact) mass is 430 g/mol. The van der Waals surface area contributed by atoms with Crippen LogP contribution in [-0.2, 0) is 9.47 Å². The van der Waals surface area contributed by atoms with Gasteiger partial charge in [-0.05, 0) is 53.1 Å². The Labute approximate surface area is 144 Å². The van der Waals surface area contributed by atoms with Gasteiger partial charge in [0.25, 0.3) is 0 Å². The minimum absolute atomic E-state index is 0.132. The van der Waals surface area contributed by atoms with Gasteiger partial charge in [0.15, 0.2) is 6.29 Å². The van der Waals surface area contributed by atoms with Gasteiger partial charge in [0.1, 0.15) is 18.0 Å². The van der Waals surface area contributed by atoms with E-state index in [1.54, 1.807) is 19.2 Å². The van der Waals surface area contributed by atoms with Crippen molar-refractivity contribution >= 4 is 31.9 Å². The molecule has 1 aliphatic rings. The van der Waals surface area contributed by atoms with Crippen LogP contribution in [0.15, 0.2) is 45.3 Å².